The fraction of sp³-hybridized carbons (Fsp3) is 0.429. The predicted octanol–water partition coefficient (Wildman–Crippen LogP) is 1.76. The second-order valence-corrected chi connectivity index (χ2v) is 4.59. The van der Waals surface area contributed by atoms with Crippen LogP contribution in [0, 0.1) is 5.92 Å². The zero-order valence-corrected chi connectivity index (χ0v) is 11.2. The molecule has 0 bridgehead atoms. The van der Waals surface area contributed by atoms with E-state index in [2.05, 4.69) is 5.32 Å². The molecular formula is C14H17NO5. The summed E-state index contributed by atoms with van der Waals surface area (Å²) in [6.07, 6.45) is 1.30. The van der Waals surface area contributed by atoms with Crippen LogP contribution in [-0.4, -0.2) is 37.3 Å². The van der Waals surface area contributed by atoms with E-state index >= 15 is 0 Å². The number of carbonyl (C=O) groups excluding carboxylic acids is 1. The van der Waals surface area contributed by atoms with Gasteiger partial charge in [-0.25, -0.2) is 4.79 Å². The number of hydrogen-bond donors (Lipinski definition) is 2. The lowest BCUT2D eigenvalue weighted by atomic mass is 9.99. The Hall–Kier alpha value is -2.08. The molecule has 20 heavy (non-hydrogen) atoms. The number of rotatable bonds is 4. The minimum atomic E-state index is -1.09. The van der Waals surface area contributed by atoms with Crippen molar-refractivity contribution in [2.75, 3.05) is 25.6 Å². The van der Waals surface area contributed by atoms with Gasteiger partial charge in [-0.3, -0.25) is 4.79 Å². The maximum Gasteiger partial charge on any atom is 0.337 e. The van der Waals surface area contributed by atoms with E-state index in [1.165, 1.54) is 19.2 Å². The van der Waals surface area contributed by atoms with E-state index in [4.69, 9.17) is 14.6 Å². The number of carboxylic acids is 1. The van der Waals surface area contributed by atoms with Gasteiger partial charge < -0.3 is 19.9 Å². The van der Waals surface area contributed by atoms with Gasteiger partial charge in [-0.05, 0) is 25.0 Å². The van der Waals surface area contributed by atoms with Crippen molar-refractivity contribution in [3.63, 3.8) is 0 Å². The van der Waals surface area contributed by atoms with E-state index in [1.807, 2.05) is 0 Å². The largest absolute Gasteiger partial charge is 0.497 e. The molecule has 1 aliphatic rings. The van der Waals surface area contributed by atoms with Crippen molar-refractivity contribution in [1.82, 2.24) is 0 Å². The molecule has 0 unspecified atom stereocenters. The standard InChI is InChI=1S/C14H17NO5/c1-19-10-2-3-11(14(17)18)12(8-10)15-13(16)9-4-6-20-7-5-9/h2-3,8-9H,4-7H2,1H3,(H,15,16)(H,17,18). The molecule has 6 heteroatoms. The monoisotopic (exact) mass is 279 g/mol. The van der Waals surface area contributed by atoms with Crippen molar-refractivity contribution in [3.8, 4) is 5.75 Å². The van der Waals surface area contributed by atoms with E-state index in [0.717, 1.165) is 0 Å². The number of amides is 1. The summed E-state index contributed by atoms with van der Waals surface area (Å²) in [7, 11) is 1.49. The summed E-state index contributed by atoms with van der Waals surface area (Å²) >= 11 is 0. The van der Waals surface area contributed by atoms with Crippen LogP contribution in [0.1, 0.15) is 23.2 Å². The van der Waals surface area contributed by atoms with Gasteiger partial charge in [0.25, 0.3) is 0 Å². The molecule has 0 saturated carbocycles. The number of nitrogens with one attached hydrogen (secondary N) is 1. The minimum absolute atomic E-state index is 0.0474. The number of anilines is 1. The molecule has 1 amide bonds. The summed E-state index contributed by atoms with van der Waals surface area (Å²) in [5.41, 5.74) is 0.305. The second-order valence-electron chi connectivity index (χ2n) is 4.59. The van der Waals surface area contributed by atoms with Crippen molar-refractivity contribution in [2.45, 2.75) is 12.8 Å². The van der Waals surface area contributed by atoms with Crippen LogP contribution in [0.25, 0.3) is 0 Å². The highest BCUT2D eigenvalue weighted by molar-refractivity contribution is 6.01. The Morgan fingerprint density at radius 2 is 2.05 bits per heavy atom. The fourth-order valence-electron chi connectivity index (χ4n) is 2.13. The van der Waals surface area contributed by atoms with Crippen molar-refractivity contribution < 1.29 is 24.2 Å². The molecule has 0 spiro atoms. The first-order valence-corrected chi connectivity index (χ1v) is 6.41. The summed E-state index contributed by atoms with van der Waals surface area (Å²) in [5.74, 6) is -0.909. The molecule has 2 rings (SSSR count). The molecule has 0 atom stereocenters. The molecular weight excluding hydrogens is 262 g/mol. The average molecular weight is 279 g/mol. The summed E-state index contributed by atoms with van der Waals surface area (Å²) in [6.45, 7) is 1.12. The van der Waals surface area contributed by atoms with Crippen molar-refractivity contribution in [3.05, 3.63) is 23.8 Å². The maximum atomic E-state index is 12.1. The van der Waals surface area contributed by atoms with E-state index < -0.39 is 5.97 Å². The highest BCUT2D eigenvalue weighted by Gasteiger charge is 2.23. The molecule has 1 heterocycles. The van der Waals surface area contributed by atoms with Crippen LogP contribution < -0.4 is 10.1 Å². The highest BCUT2D eigenvalue weighted by atomic mass is 16.5. The first-order chi connectivity index (χ1) is 9.61. The van der Waals surface area contributed by atoms with Crippen LogP contribution in [0.4, 0.5) is 5.69 Å². The molecule has 0 radical (unpaired) electrons. The Balaban J connectivity index is 2.17. The normalized spacial score (nSPS) is 15.7. The Morgan fingerprint density at radius 3 is 2.65 bits per heavy atom. The third-order valence-electron chi connectivity index (χ3n) is 3.31. The smallest absolute Gasteiger partial charge is 0.337 e. The Labute approximate surface area is 116 Å². The van der Waals surface area contributed by atoms with Gasteiger partial charge in [0.15, 0.2) is 0 Å². The molecule has 0 aliphatic carbocycles. The van der Waals surface area contributed by atoms with E-state index in [0.29, 0.717) is 31.8 Å². The molecule has 1 saturated heterocycles. The third-order valence-corrected chi connectivity index (χ3v) is 3.31. The van der Waals surface area contributed by atoms with Crippen LogP contribution in [0.3, 0.4) is 0 Å². The number of aromatic carboxylic acids is 1. The van der Waals surface area contributed by atoms with Gasteiger partial charge >= 0.3 is 5.97 Å². The van der Waals surface area contributed by atoms with Crippen LogP contribution in [0.2, 0.25) is 0 Å². The van der Waals surface area contributed by atoms with Crippen molar-refractivity contribution >= 4 is 17.6 Å². The Bertz CT molecular complexity index is 508. The lowest BCUT2D eigenvalue weighted by Gasteiger charge is -2.21. The zero-order chi connectivity index (χ0) is 14.5. The first-order valence-electron chi connectivity index (χ1n) is 6.41. The van der Waals surface area contributed by atoms with Crippen molar-refractivity contribution in [2.24, 2.45) is 5.92 Å². The SMILES string of the molecule is COc1ccc(C(=O)O)c(NC(=O)C2CCOCC2)c1. The van der Waals surface area contributed by atoms with Crippen LogP contribution in [0.5, 0.6) is 5.75 Å². The Kier molecular flexibility index (Phi) is 4.57. The molecule has 1 fully saturated rings. The summed E-state index contributed by atoms with van der Waals surface area (Å²) in [5, 5.41) is 11.8. The summed E-state index contributed by atoms with van der Waals surface area (Å²) in [4.78, 5) is 23.3. The van der Waals surface area contributed by atoms with E-state index in [1.54, 1.807) is 6.07 Å². The third kappa shape index (κ3) is 3.27. The lowest BCUT2D eigenvalue weighted by molar-refractivity contribution is -0.122. The molecule has 1 aromatic carbocycles. The second kappa shape index (κ2) is 6.38. The predicted molar refractivity (Wildman–Crippen MR) is 72.1 cm³/mol. The molecule has 1 aliphatic heterocycles. The molecule has 6 nitrogen and oxygen atoms in total. The lowest BCUT2D eigenvalue weighted by Crippen LogP contribution is -2.29. The number of carbonyl (C=O) groups is 2. The van der Waals surface area contributed by atoms with Crippen LogP contribution in [0.15, 0.2) is 18.2 Å². The van der Waals surface area contributed by atoms with Gasteiger partial charge in [0.1, 0.15) is 5.75 Å². The molecule has 2 N–H and O–H groups in total. The van der Waals surface area contributed by atoms with E-state index in [9.17, 15) is 9.59 Å². The number of carboxylic acid groups (broad SMARTS) is 1. The van der Waals surface area contributed by atoms with Gasteiger partial charge in [-0.2, -0.15) is 0 Å². The van der Waals surface area contributed by atoms with Gasteiger partial charge in [-0.15, -0.1) is 0 Å². The summed E-state index contributed by atoms with van der Waals surface area (Å²) in [6, 6.07) is 4.48. The number of ether oxygens (including phenoxy) is 2. The van der Waals surface area contributed by atoms with E-state index in [-0.39, 0.29) is 23.1 Å². The van der Waals surface area contributed by atoms with Gasteiger partial charge in [0, 0.05) is 25.2 Å². The average Bonchev–Trinajstić information content (AvgIpc) is 2.47. The quantitative estimate of drug-likeness (QED) is 0.877. The maximum absolute atomic E-state index is 12.1. The topological polar surface area (TPSA) is 84.9 Å². The zero-order valence-electron chi connectivity index (χ0n) is 11.2. The molecule has 1 aromatic rings. The number of methoxy groups -OCH3 is 1. The summed E-state index contributed by atoms with van der Waals surface area (Å²) < 4.78 is 10.3. The molecule has 0 aromatic heterocycles. The minimum Gasteiger partial charge on any atom is -0.497 e. The fourth-order valence-corrected chi connectivity index (χ4v) is 2.13. The first kappa shape index (κ1) is 14.3. The van der Waals surface area contributed by atoms with Gasteiger partial charge in [0.2, 0.25) is 5.91 Å². The van der Waals surface area contributed by atoms with Crippen LogP contribution in [-0.2, 0) is 9.53 Å². The van der Waals surface area contributed by atoms with Crippen molar-refractivity contribution in [1.29, 1.82) is 0 Å². The van der Waals surface area contributed by atoms with Crippen LogP contribution >= 0.6 is 0 Å². The van der Waals surface area contributed by atoms with Gasteiger partial charge in [-0.1, -0.05) is 0 Å². The number of benzene rings is 1. The Morgan fingerprint density at radius 1 is 1.35 bits per heavy atom. The molecule has 108 valence electrons. The highest BCUT2D eigenvalue weighted by Crippen LogP contribution is 2.24. The van der Waals surface area contributed by atoms with Gasteiger partial charge in [0.05, 0.1) is 18.4 Å². The number of hydrogen-bond acceptors (Lipinski definition) is 4.